The lowest BCUT2D eigenvalue weighted by Gasteiger charge is -2.33. The van der Waals surface area contributed by atoms with E-state index in [1.165, 1.54) is 24.8 Å². The Morgan fingerprint density at radius 2 is 1.79 bits per heavy atom. The van der Waals surface area contributed by atoms with Crippen molar-refractivity contribution >= 4 is 41.3 Å². The maximum absolute atomic E-state index is 12.0. The molecule has 0 saturated carbocycles. The molecule has 3 aromatic rings. The Morgan fingerprint density at radius 3 is 2.44 bits per heavy atom. The van der Waals surface area contributed by atoms with E-state index in [4.69, 9.17) is 21.8 Å². The third kappa shape index (κ3) is 7.44. The molecule has 0 amide bonds. The van der Waals surface area contributed by atoms with Crippen molar-refractivity contribution in [3.05, 3.63) is 66.2 Å². The van der Waals surface area contributed by atoms with Crippen molar-refractivity contribution in [1.82, 2.24) is 0 Å². The number of carbonyl (C=O) groups excluding carboxylic acids is 1. The summed E-state index contributed by atoms with van der Waals surface area (Å²) in [5.74, 6) is 0.497. The quantitative estimate of drug-likeness (QED) is 0.0718. The molecule has 0 aliphatic rings. The maximum atomic E-state index is 12.0. The Kier molecular flexibility index (Phi) is 8.64. The first-order valence-corrected chi connectivity index (χ1v) is 13.2. The van der Waals surface area contributed by atoms with Gasteiger partial charge in [-0.15, -0.1) is 11.8 Å². The van der Waals surface area contributed by atoms with Gasteiger partial charge in [0.15, 0.2) is 0 Å². The van der Waals surface area contributed by atoms with Gasteiger partial charge in [0.05, 0.1) is 4.08 Å². The number of aryl methyl sites for hydroxylation is 1. The lowest BCUT2D eigenvalue weighted by Crippen LogP contribution is -2.34. The number of carbonyl (C=O) groups is 1. The number of thioether (sulfide) groups is 1. The molecule has 3 rings (SSSR count). The highest BCUT2D eigenvalue weighted by Crippen LogP contribution is 2.43. The van der Waals surface area contributed by atoms with Gasteiger partial charge in [-0.1, -0.05) is 50.6 Å². The minimum Gasteiger partial charge on any atom is -0.456 e. The number of fused-ring (bicyclic) bond motifs is 1. The predicted octanol–water partition coefficient (Wildman–Crippen LogP) is 8.86. The number of hydrogen-bond acceptors (Lipinski definition) is 5. The normalized spacial score (nSPS) is 13.6. The number of furan rings is 1. The predicted molar refractivity (Wildman–Crippen MR) is 148 cm³/mol. The molecule has 5 heteroatoms. The standard InChI is InChI=1S/C29H36O3S2/c1-7-8-9-10-21-11-13-22(14-12-21)25-17-23-15-16-24(18-26(23)31-25)34-29(6,33)19-28(4,5)32-27(30)20(2)3/h11-18,33H,2,7-10,19H2,1,3-6H3. The van der Waals surface area contributed by atoms with Crippen molar-refractivity contribution in [1.29, 1.82) is 0 Å². The summed E-state index contributed by atoms with van der Waals surface area (Å²) in [4.78, 5) is 13.0. The lowest BCUT2D eigenvalue weighted by atomic mass is 10.0. The molecule has 0 aliphatic heterocycles. The second kappa shape index (κ2) is 11.1. The second-order valence-corrected chi connectivity index (χ2v) is 12.7. The average Bonchev–Trinajstić information content (AvgIpc) is 3.16. The maximum Gasteiger partial charge on any atom is 0.333 e. The first kappa shape index (κ1) is 26.5. The Hall–Kier alpha value is -2.11. The summed E-state index contributed by atoms with van der Waals surface area (Å²) in [7, 11) is 0. The highest BCUT2D eigenvalue weighted by atomic mass is 32.2. The van der Waals surface area contributed by atoms with Gasteiger partial charge in [-0.05, 0) is 70.4 Å². The van der Waals surface area contributed by atoms with Gasteiger partial charge >= 0.3 is 5.97 Å². The molecule has 182 valence electrons. The van der Waals surface area contributed by atoms with Crippen molar-refractivity contribution in [2.45, 2.75) is 81.3 Å². The molecule has 0 radical (unpaired) electrons. The Bertz CT molecular complexity index is 1140. The fourth-order valence-corrected chi connectivity index (χ4v) is 6.01. The van der Waals surface area contributed by atoms with Crippen LogP contribution in [0.1, 0.15) is 65.9 Å². The summed E-state index contributed by atoms with van der Waals surface area (Å²) in [6.07, 6.45) is 5.44. The molecule has 1 unspecified atom stereocenters. The number of thiol groups is 1. The molecule has 1 heterocycles. The van der Waals surface area contributed by atoms with E-state index >= 15 is 0 Å². The number of unbranched alkanes of at least 4 members (excludes halogenated alkanes) is 2. The van der Waals surface area contributed by atoms with E-state index in [1.54, 1.807) is 18.7 Å². The van der Waals surface area contributed by atoms with E-state index in [0.29, 0.717) is 12.0 Å². The van der Waals surface area contributed by atoms with Crippen LogP contribution in [0.5, 0.6) is 0 Å². The van der Waals surface area contributed by atoms with Crippen molar-refractivity contribution in [3.8, 4) is 11.3 Å². The lowest BCUT2D eigenvalue weighted by molar-refractivity contribution is -0.152. The molecule has 34 heavy (non-hydrogen) atoms. The fourth-order valence-electron chi connectivity index (χ4n) is 4.09. The smallest absolute Gasteiger partial charge is 0.333 e. The molecular weight excluding hydrogens is 460 g/mol. The van der Waals surface area contributed by atoms with Crippen molar-refractivity contribution in [2.75, 3.05) is 0 Å². The van der Waals surface area contributed by atoms with E-state index in [1.807, 2.05) is 20.8 Å². The molecule has 3 nitrogen and oxygen atoms in total. The van der Waals surface area contributed by atoms with Crippen LogP contribution in [-0.2, 0) is 16.0 Å². The van der Waals surface area contributed by atoms with Crippen LogP contribution in [0.25, 0.3) is 22.3 Å². The van der Waals surface area contributed by atoms with E-state index in [9.17, 15) is 4.79 Å². The van der Waals surface area contributed by atoms with Crippen LogP contribution >= 0.6 is 24.4 Å². The molecule has 0 aliphatic carbocycles. The van der Waals surface area contributed by atoms with Crippen LogP contribution in [0.2, 0.25) is 0 Å². The Labute approximate surface area is 213 Å². The molecule has 1 atom stereocenters. The topological polar surface area (TPSA) is 39.4 Å². The third-order valence-electron chi connectivity index (χ3n) is 5.61. The first-order valence-electron chi connectivity index (χ1n) is 11.9. The molecule has 0 fully saturated rings. The summed E-state index contributed by atoms with van der Waals surface area (Å²) < 4.78 is 11.4. The number of benzene rings is 2. The van der Waals surface area contributed by atoms with Gasteiger partial charge in [0.25, 0.3) is 0 Å². The molecule has 2 aromatic carbocycles. The van der Waals surface area contributed by atoms with Crippen LogP contribution < -0.4 is 0 Å². The van der Waals surface area contributed by atoms with E-state index < -0.39 is 9.68 Å². The van der Waals surface area contributed by atoms with Gasteiger partial charge in [0.2, 0.25) is 0 Å². The Balaban J connectivity index is 1.71. The highest BCUT2D eigenvalue weighted by molar-refractivity contribution is 8.11. The monoisotopic (exact) mass is 496 g/mol. The second-order valence-electron chi connectivity index (χ2n) is 9.85. The largest absolute Gasteiger partial charge is 0.456 e. The zero-order chi connectivity index (χ0) is 24.9. The first-order chi connectivity index (χ1) is 16.0. The molecule has 0 N–H and O–H groups in total. The number of hydrogen-bond donors (Lipinski definition) is 1. The summed E-state index contributed by atoms with van der Waals surface area (Å²) in [6, 6.07) is 17.0. The highest BCUT2D eigenvalue weighted by Gasteiger charge is 2.33. The van der Waals surface area contributed by atoms with Gasteiger partial charge in [-0.2, -0.15) is 12.6 Å². The number of rotatable bonds is 11. The third-order valence-corrected chi connectivity index (χ3v) is 7.11. The van der Waals surface area contributed by atoms with Crippen LogP contribution in [0.3, 0.4) is 0 Å². The minimum absolute atomic E-state index is 0.377. The van der Waals surface area contributed by atoms with Crippen LogP contribution in [0.15, 0.2) is 70.0 Å². The molecule has 0 spiro atoms. The van der Waals surface area contributed by atoms with Crippen molar-refractivity contribution in [2.24, 2.45) is 0 Å². The zero-order valence-electron chi connectivity index (χ0n) is 20.9. The fraction of sp³-hybridized carbons (Fsp3) is 0.414. The molecule has 1 aromatic heterocycles. The molecule has 0 saturated heterocycles. The van der Waals surface area contributed by atoms with Gasteiger partial charge in [0, 0.05) is 27.8 Å². The minimum atomic E-state index is -0.663. The van der Waals surface area contributed by atoms with E-state index in [2.05, 4.69) is 62.0 Å². The van der Waals surface area contributed by atoms with Crippen LogP contribution in [-0.4, -0.2) is 15.6 Å². The summed E-state index contributed by atoms with van der Waals surface area (Å²) in [6.45, 7) is 13.4. The van der Waals surface area contributed by atoms with Gasteiger partial charge in [-0.25, -0.2) is 4.79 Å². The average molecular weight is 497 g/mol. The number of esters is 1. The molecular formula is C29H36O3S2. The van der Waals surface area contributed by atoms with Gasteiger partial charge < -0.3 is 9.15 Å². The van der Waals surface area contributed by atoms with Crippen molar-refractivity contribution in [3.63, 3.8) is 0 Å². The zero-order valence-corrected chi connectivity index (χ0v) is 22.7. The van der Waals surface area contributed by atoms with Gasteiger partial charge in [0.1, 0.15) is 16.9 Å². The summed E-state index contributed by atoms with van der Waals surface area (Å²) in [5.41, 5.74) is 3.04. The molecule has 0 bridgehead atoms. The Morgan fingerprint density at radius 1 is 1.09 bits per heavy atom. The van der Waals surface area contributed by atoms with E-state index in [-0.39, 0.29) is 5.97 Å². The van der Waals surface area contributed by atoms with Crippen LogP contribution in [0.4, 0.5) is 0 Å². The van der Waals surface area contributed by atoms with Gasteiger partial charge in [-0.3, -0.25) is 0 Å². The summed E-state index contributed by atoms with van der Waals surface area (Å²) in [5, 5.41) is 1.07. The van der Waals surface area contributed by atoms with E-state index in [0.717, 1.165) is 33.6 Å². The van der Waals surface area contributed by atoms with Crippen molar-refractivity contribution < 1.29 is 13.9 Å². The SMILES string of the molecule is C=C(C)C(=O)OC(C)(C)CC(C)(S)Sc1ccc2cc(-c3ccc(CCCCC)cc3)oc2c1. The summed E-state index contributed by atoms with van der Waals surface area (Å²) >= 11 is 6.51. The van der Waals surface area contributed by atoms with Crippen LogP contribution in [0, 0.1) is 0 Å². The number of ether oxygens (including phenoxy) is 1.